The number of carbonyl (C=O) groups is 2. The van der Waals surface area contributed by atoms with E-state index in [1.54, 1.807) is 4.90 Å². The zero-order valence-electron chi connectivity index (χ0n) is 23.3. The molecule has 41 heavy (non-hydrogen) atoms. The molecule has 0 aromatic heterocycles. The Morgan fingerprint density at radius 3 is 2.24 bits per heavy atom. The Morgan fingerprint density at radius 2 is 1.51 bits per heavy atom. The second-order valence-corrected chi connectivity index (χ2v) is 10.7. The molecule has 0 fully saturated rings. The first-order valence-corrected chi connectivity index (χ1v) is 14.4. The van der Waals surface area contributed by atoms with Crippen LogP contribution in [0.15, 0.2) is 120 Å². The largest absolute Gasteiger partial charge is 0.494 e. The minimum absolute atomic E-state index is 0.0551. The minimum atomic E-state index is -0.595. The predicted octanol–water partition coefficient (Wildman–Crippen LogP) is 8.08. The molecule has 5 nitrogen and oxygen atoms in total. The summed E-state index contributed by atoms with van der Waals surface area (Å²) in [6, 6.07) is 34.6. The number of rotatable bonds is 7. The van der Waals surface area contributed by atoms with Gasteiger partial charge in [-0.15, -0.1) is 0 Å². The third kappa shape index (κ3) is 5.40. The molecule has 0 bridgehead atoms. The van der Waals surface area contributed by atoms with Crippen LogP contribution in [-0.2, 0) is 4.79 Å². The third-order valence-corrected chi connectivity index (χ3v) is 7.96. The van der Waals surface area contributed by atoms with E-state index in [1.165, 1.54) is 0 Å². The first kappa shape index (κ1) is 26.6. The highest BCUT2D eigenvalue weighted by Crippen LogP contribution is 2.48. The molecule has 4 aromatic carbocycles. The standard InChI is InChI=1S/C36H34N2O3/c1-2-3-22-41-29-20-18-26(19-21-29)35-34-31(23-28(24-33(34)39)25-12-6-4-7-13-25)37-30-16-10-11-17-32(30)38(35)36(40)27-14-8-5-9-15-27/h4-21,28,35,37H,2-3,22-24H2,1H3/t28-,35+/m0/s1. The molecular weight excluding hydrogens is 508 g/mol. The van der Waals surface area contributed by atoms with Gasteiger partial charge in [-0.1, -0.05) is 86.1 Å². The highest BCUT2D eigenvalue weighted by molar-refractivity contribution is 6.12. The van der Waals surface area contributed by atoms with Crippen molar-refractivity contribution >= 4 is 23.1 Å². The van der Waals surface area contributed by atoms with Crippen molar-refractivity contribution in [2.75, 3.05) is 16.8 Å². The van der Waals surface area contributed by atoms with Crippen molar-refractivity contribution in [3.8, 4) is 5.75 Å². The van der Waals surface area contributed by atoms with Gasteiger partial charge in [0, 0.05) is 23.3 Å². The van der Waals surface area contributed by atoms with Gasteiger partial charge < -0.3 is 10.1 Å². The van der Waals surface area contributed by atoms with Crippen molar-refractivity contribution in [3.63, 3.8) is 0 Å². The van der Waals surface area contributed by atoms with Crippen LogP contribution < -0.4 is 15.0 Å². The molecule has 2 atom stereocenters. The number of unbranched alkanes of at least 4 members (excludes halogenated alkanes) is 1. The summed E-state index contributed by atoms with van der Waals surface area (Å²) in [6.45, 7) is 2.79. The quantitative estimate of drug-likeness (QED) is 0.240. The number of carbonyl (C=O) groups excluding carboxylic acids is 2. The molecule has 0 saturated heterocycles. The van der Waals surface area contributed by atoms with E-state index in [0.717, 1.165) is 46.8 Å². The molecule has 5 heteroatoms. The van der Waals surface area contributed by atoms with Crippen LogP contribution in [0.5, 0.6) is 5.75 Å². The number of allylic oxidation sites excluding steroid dienone is 1. The van der Waals surface area contributed by atoms with Crippen molar-refractivity contribution < 1.29 is 14.3 Å². The first-order valence-electron chi connectivity index (χ1n) is 14.4. The molecule has 0 saturated carbocycles. The molecule has 2 aliphatic rings. The molecule has 0 spiro atoms. The Hall–Kier alpha value is -4.64. The van der Waals surface area contributed by atoms with Crippen molar-refractivity contribution in [1.29, 1.82) is 0 Å². The highest BCUT2D eigenvalue weighted by atomic mass is 16.5. The molecule has 1 aliphatic carbocycles. The maximum absolute atomic E-state index is 14.3. The van der Waals surface area contributed by atoms with E-state index in [2.05, 4.69) is 24.4 Å². The summed E-state index contributed by atoms with van der Waals surface area (Å²) in [4.78, 5) is 30.3. The number of ether oxygens (including phenoxy) is 1. The van der Waals surface area contributed by atoms with Crippen molar-refractivity contribution in [1.82, 2.24) is 0 Å². The average Bonchev–Trinajstić information content (AvgIpc) is 3.17. The van der Waals surface area contributed by atoms with Gasteiger partial charge in [-0.2, -0.15) is 0 Å². The van der Waals surface area contributed by atoms with Crippen molar-refractivity contribution in [2.24, 2.45) is 0 Å². The lowest BCUT2D eigenvalue weighted by Gasteiger charge is -2.35. The smallest absolute Gasteiger partial charge is 0.259 e. The first-order chi connectivity index (χ1) is 20.1. The summed E-state index contributed by atoms with van der Waals surface area (Å²) in [5, 5.41) is 3.61. The average molecular weight is 543 g/mol. The summed E-state index contributed by atoms with van der Waals surface area (Å²) in [5.74, 6) is 0.747. The van der Waals surface area contributed by atoms with Gasteiger partial charge >= 0.3 is 0 Å². The van der Waals surface area contributed by atoms with Gasteiger partial charge in [-0.25, -0.2) is 0 Å². The van der Waals surface area contributed by atoms with Gasteiger partial charge in [0.1, 0.15) is 5.75 Å². The van der Waals surface area contributed by atoms with E-state index in [0.29, 0.717) is 30.6 Å². The highest BCUT2D eigenvalue weighted by Gasteiger charge is 2.41. The maximum Gasteiger partial charge on any atom is 0.259 e. The fourth-order valence-electron chi connectivity index (χ4n) is 5.89. The van der Waals surface area contributed by atoms with E-state index in [-0.39, 0.29) is 17.6 Å². The number of Topliss-reactive ketones (excluding diaryl/α,β-unsaturated/α-hetero) is 1. The van der Waals surface area contributed by atoms with Gasteiger partial charge in [-0.3, -0.25) is 14.5 Å². The van der Waals surface area contributed by atoms with Crippen LogP contribution in [0.4, 0.5) is 11.4 Å². The van der Waals surface area contributed by atoms with Gasteiger partial charge in [-0.05, 0) is 66.3 Å². The molecule has 6 rings (SSSR count). The second kappa shape index (κ2) is 11.8. The number of hydrogen-bond acceptors (Lipinski definition) is 4. The third-order valence-electron chi connectivity index (χ3n) is 7.96. The van der Waals surface area contributed by atoms with Crippen LogP contribution in [0.25, 0.3) is 0 Å². The maximum atomic E-state index is 14.3. The molecule has 1 aliphatic heterocycles. The van der Waals surface area contributed by atoms with E-state index in [4.69, 9.17) is 4.74 Å². The second-order valence-electron chi connectivity index (χ2n) is 10.7. The topological polar surface area (TPSA) is 58.6 Å². The Balaban J connectivity index is 1.50. The fourth-order valence-corrected chi connectivity index (χ4v) is 5.89. The van der Waals surface area contributed by atoms with Crippen LogP contribution in [0.2, 0.25) is 0 Å². The van der Waals surface area contributed by atoms with Crippen LogP contribution >= 0.6 is 0 Å². The Bertz CT molecular complexity index is 1560. The number of nitrogens with zero attached hydrogens (tertiary/aromatic N) is 1. The molecule has 1 heterocycles. The molecule has 1 amide bonds. The SMILES string of the molecule is CCCCOc1ccc([C@@H]2C3=C(C[C@H](c4ccccc4)CC3=O)Nc3ccccc3N2C(=O)c2ccccc2)cc1. The van der Waals surface area contributed by atoms with Gasteiger partial charge in [0.2, 0.25) is 0 Å². The Morgan fingerprint density at radius 1 is 0.829 bits per heavy atom. The Kier molecular flexibility index (Phi) is 7.68. The van der Waals surface area contributed by atoms with Crippen molar-refractivity contribution in [2.45, 2.75) is 44.6 Å². The van der Waals surface area contributed by atoms with E-state index >= 15 is 0 Å². The van der Waals surface area contributed by atoms with Gasteiger partial charge in [0.05, 0.1) is 24.0 Å². The lowest BCUT2D eigenvalue weighted by Crippen LogP contribution is -2.38. The number of nitrogens with one attached hydrogen (secondary N) is 1. The molecule has 0 unspecified atom stereocenters. The van der Waals surface area contributed by atoms with Crippen LogP contribution in [0, 0.1) is 0 Å². The number of amides is 1. The number of fused-ring (bicyclic) bond motifs is 1. The van der Waals surface area contributed by atoms with E-state index in [9.17, 15) is 9.59 Å². The molecule has 206 valence electrons. The number of anilines is 2. The Labute approximate surface area is 241 Å². The number of ketones is 1. The molecular formula is C36H34N2O3. The monoisotopic (exact) mass is 542 g/mol. The molecule has 1 N–H and O–H groups in total. The normalized spacial score (nSPS) is 18.2. The number of para-hydroxylation sites is 2. The molecule has 4 aromatic rings. The van der Waals surface area contributed by atoms with Crippen LogP contribution in [0.1, 0.15) is 66.1 Å². The zero-order valence-corrected chi connectivity index (χ0v) is 23.3. The predicted molar refractivity (Wildman–Crippen MR) is 163 cm³/mol. The van der Waals surface area contributed by atoms with Gasteiger partial charge in [0.15, 0.2) is 5.78 Å². The lowest BCUT2D eigenvalue weighted by molar-refractivity contribution is -0.116. The zero-order chi connectivity index (χ0) is 28.2. The summed E-state index contributed by atoms with van der Waals surface area (Å²) in [5.41, 5.74) is 5.67. The van der Waals surface area contributed by atoms with Crippen LogP contribution in [-0.4, -0.2) is 18.3 Å². The van der Waals surface area contributed by atoms with E-state index < -0.39 is 6.04 Å². The van der Waals surface area contributed by atoms with Gasteiger partial charge in [0.25, 0.3) is 5.91 Å². The lowest BCUT2D eigenvalue weighted by atomic mass is 9.78. The minimum Gasteiger partial charge on any atom is -0.494 e. The van der Waals surface area contributed by atoms with Crippen molar-refractivity contribution in [3.05, 3.63) is 137 Å². The summed E-state index contributed by atoms with van der Waals surface area (Å²) in [6.07, 6.45) is 3.12. The van der Waals surface area contributed by atoms with Crippen LogP contribution in [0.3, 0.4) is 0 Å². The van der Waals surface area contributed by atoms with E-state index in [1.807, 2.05) is 97.1 Å². The number of hydrogen-bond donors (Lipinski definition) is 1. The summed E-state index contributed by atoms with van der Waals surface area (Å²) in [7, 11) is 0. The number of benzene rings is 4. The summed E-state index contributed by atoms with van der Waals surface area (Å²) < 4.78 is 5.93. The molecule has 0 radical (unpaired) electrons. The summed E-state index contributed by atoms with van der Waals surface area (Å²) >= 11 is 0. The fraction of sp³-hybridized carbons (Fsp3) is 0.222.